The summed E-state index contributed by atoms with van der Waals surface area (Å²) in [6, 6.07) is -10.4. The molecule has 0 aliphatic heterocycles. The van der Waals surface area contributed by atoms with Crippen LogP contribution >= 0.6 is 25.3 Å². The van der Waals surface area contributed by atoms with E-state index in [9.17, 15) is 132 Å². The van der Waals surface area contributed by atoms with Crippen LogP contribution in [0.4, 0.5) is 0 Å². The first-order chi connectivity index (χ1) is 61.9. The minimum Gasteiger partial charge on any atom is -0.508 e. The van der Waals surface area contributed by atoms with E-state index in [1.54, 1.807) is 72.0 Å². The minimum atomic E-state index is -2.02. The molecule has 2 aromatic carbocycles. The molecule has 734 valence electrons. The number of para-hydroxylation sites is 1. The number of aromatic nitrogens is 1. The molecule has 1 heterocycles. The average molecular weight is 1900 g/mol. The predicted octanol–water partition coefficient (Wildman–Crippen LogP) is -5.98. The van der Waals surface area contributed by atoms with Crippen molar-refractivity contribution in [2.24, 2.45) is 35.3 Å². The van der Waals surface area contributed by atoms with E-state index in [1.807, 2.05) is 13.8 Å². The second-order valence-electron chi connectivity index (χ2n) is 33.4. The van der Waals surface area contributed by atoms with Gasteiger partial charge in [-0.3, -0.25) is 91.1 Å². The summed E-state index contributed by atoms with van der Waals surface area (Å²) in [6.07, 6.45) is -4.71. The standard InChI is InChI=1S/C84H129N19O27S2/c1-13-43(10)68(81(126)96-56(30-47-31-86-51-17-15-14-16-49(47)51)76(121)98-59(37-131)73(118)89-32-61(108)87-33-62(109)93-57(84(129)130)28-41(6)7)101-77(122)54(27-40(4)5)94-74(119)52(22-24-65(112)113)91-64(111)35-90-72(117)55(29-46-18-20-48(107)21-19-46)95-78(123)58(36-104)97-82(127)69(44(11)105)103-80(125)67(42(8)9)100-83(128)70(45(12)106)102-79(124)60(38-132)99-75(120)53(23-25-66(114)115)92-63(110)34-88-71(116)50(85)26-39(2)3/h14-21,31,39-45,50,52-60,67-70,86,104-107,131-132H,13,22-30,32-38,85H2,1-12H3,(H,87,108)(H,88,116)(H,89,118)(H,90,117)(H,91,111)(H,92,110)(H,93,109)(H,94,119)(H,95,123)(H,96,126)(H,97,127)(H,98,121)(H,99,120)(H,100,128)(H,101,122)(H,102,124)(H,103,125)(H,112,113)(H,114,115)(H,129,130)/t43-,44+,45+,50-,52-,53-,54-,55-,56-,57-,58-,59-,60-,67-,68-,69-,70-/m0/s1. The van der Waals surface area contributed by atoms with Crippen LogP contribution in [-0.4, -0.2) is 300 Å². The number of H-pyrrole nitrogens is 1. The molecule has 3 aromatic rings. The van der Waals surface area contributed by atoms with Gasteiger partial charge in [0.15, 0.2) is 0 Å². The summed E-state index contributed by atoms with van der Waals surface area (Å²) in [5.74, 6) is -24.9. The molecular weight excluding hydrogens is 1770 g/mol. The molecular formula is C84H129N19O27S2. The number of rotatable bonds is 59. The number of carbonyl (C=O) groups is 20. The number of phenolic OH excluding ortho intramolecular Hbond substituents is 1. The average Bonchev–Trinajstić information content (AvgIpc) is 1.64. The minimum absolute atomic E-state index is 0.0304. The van der Waals surface area contributed by atoms with Gasteiger partial charge in [-0.1, -0.05) is 106 Å². The molecule has 0 saturated heterocycles. The number of aromatic amines is 1. The molecule has 132 heavy (non-hydrogen) atoms. The van der Waals surface area contributed by atoms with Crippen molar-refractivity contribution >= 4 is 154 Å². The molecule has 48 heteroatoms. The van der Waals surface area contributed by atoms with E-state index >= 15 is 0 Å². The summed E-state index contributed by atoms with van der Waals surface area (Å²) in [5, 5.41) is 112. The van der Waals surface area contributed by atoms with Crippen LogP contribution in [0.25, 0.3) is 10.9 Å². The molecule has 27 N–H and O–H groups in total. The van der Waals surface area contributed by atoms with Gasteiger partial charge in [-0.2, -0.15) is 25.3 Å². The van der Waals surface area contributed by atoms with Crippen molar-refractivity contribution in [3.63, 3.8) is 0 Å². The van der Waals surface area contributed by atoms with Crippen LogP contribution in [0.2, 0.25) is 0 Å². The Balaban J connectivity index is 1.84. The van der Waals surface area contributed by atoms with Crippen molar-refractivity contribution in [1.82, 2.24) is 95.4 Å². The van der Waals surface area contributed by atoms with Gasteiger partial charge in [0.1, 0.15) is 84.3 Å². The monoisotopic (exact) mass is 1900 g/mol. The van der Waals surface area contributed by atoms with Crippen LogP contribution in [0.15, 0.2) is 54.7 Å². The number of aliphatic hydroxyl groups is 3. The lowest BCUT2D eigenvalue weighted by Crippen LogP contribution is -2.64. The van der Waals surface area contributed by atoms with E-state index in [1.165, 1.54) is 38.1 Å². The van der Waals surface area contributed by atoms with Gasteiger partial charge in [-0.05, 0) is 105 Å². The lowest BCUT2D eigenvalue weighted by Gasteiger charge is -2.30. The first kappa shape index (κ1) is 114. The molecule has 0 spiro atoms. The second-order valence-corrected chi connectivity index (χ2v) is 34.1. The molecule has 17 amide bonds. The predicted molar refractivity (Wildman–Crippen MR) is 481 cm³/mol. The Morgan fingerprint density at radius 1 is 0.386 bits per heavy atom. The largest absolute Gasteiger partial charge is 0.508 e. The van der Waals surface area contributed by atoms with Gasteiger partial charge < -0.3 is 137 Å². The van der Waals surface area contributed by atoms with E-state index in [4.69, 9.17) is 5.73 Å². The zero-order valence-electron chi connectivity index (χ0n) is 75.6. The van der Waals surface area contributed by atoms with Crippen molar-refractivity contribution in [1.29, 1.82) is 0 Å². The third-order valence-electron chi connectivity index (χ3n) is 20.4. The summed E-state index contributed by atoms with van der Waals surface area (Å²) in [4.78, 5) is 273. The van der Waals surface area contributed by atoms with Gasteiger partial charge >= 0.3 is 17.9 Å². The summed E-state index contributed by atoms with van der Waals surface area (Å²) in [6.45, 7) is 14.5. The molecule has 0 fully saturated rings. The Labute approximate surface area is 773 Å². The number of aromatic hydroxyl groups is 1. The first-order valence-electron chi connectivity index (χ1n) is 42.9. The van der Waals surface area contributed by atoms with E-state index in [0.717, 1.165) is 13.8 Å². The van der Waals surface area contributed by atoms with Gasteiger partial charge in [0, 0.05) is 54.3 Å². The number of carboxylic acids is 3. The molecule has 0 saturated carbocycles. The van der Waals surface area contributed by atoms with Crippen LogP contribution in [0.1, 0.15) is 146 Å². The molecule has 17 atom stereocenters. The second kappa shape index (κ2) is 57.1. The van der Waals surface area contributed by atoms with Crippen LogP contribution in [0.3, 0.4) is 0 Å². The highest BCUT2D eigenvalue weighted by molar-refractivity contribution is 7.80. The zero-order valence-corrected chi connectivity index (χ0v) is 77.4. The number of nitrogens with two attached hydrogens (primary N) is 1. The molecule has 0 radical (unpaired) electrons. The van der Waals surface area contributed by atoms with E-state index in [-0.39, 0.29) is 61.0 Å². The van der Waals surface area contributed by atoms with E-state index < -0.39 is 304 Å². The number of thiol groups is 2. The number of hydrogen-bond donors (Lipinski definition) is 28. The topological polar surface area (TPSA) is 729 Å². The number of aliphatic carboxylic acids is 3. The Bertz CT molecular complexity index is 4480. The van der Waals surface area contributed by atoms with Gasteiger partial charge in [-0.25, -0.2) is 4.79 Å². The summed E-state index contributed by atoms with van der Waals surface area (Å²) >= 11 is 8.37. The fourth-order valence-electron chi connectivity index (χ4n) is 13.0. The summed E-state index contributed by atoms with van der Waals surface area (Å²) in [5.41, 5.74) is 7.31. The first-order valence-corrected chi connectivity index (χ1v) is 44.2. The van der Waals surface area contributed by atoms with Gasteiger partial charge in [0.2, 0.25) is 100 Å². The maximum Gasteiger partial charge on any atom is 0.326 e. The molecule has 0 bridgehead atoms. The Morgan fingerprint density at radius 3 is 1.24 bits per heavy atom. The zero-order chi connectivity index (χ0) is 99.7. The van der Waals surface area contributed by atoms with Crippen LogP contribution < -0.4 is 96.1 Å². The maximum atomic E-state index is 14.8. The highest BCUT2D eigenvalue weighted by Crippen LogP contribution is 2.22. The molecule has 1 aromatic heterocycles. The molecule has 3 rings (SSSR count). The van der Waals surface area contributed by atoms with E-state index in [0.29, 0.717) is 16.5 Å². The van der Waals surface area contributed by atoms with E-state index in [2.05, 4.69) is 121 Å². The van der Waals surface area contributed by atoms with Crippen molar-refractivity contribution < 1.29 is 132 Å². The number of carboxylic acid groups (broad SMARTS) is 3. The van der Waals surface area contributed by atoms with Gasteiger partial charge in [0.25, 0.3) is 0 Å². The third-order valence-corrected chi connectivity index (χ3v) is 21.1. The SMILES string of the molecule is CC[C@H](C)[C@H](NC(=O)[C@H](CC(C)C)NC(=O)[C@H](CCC(=O)O)NC(=O)CNC(=O)[C@H](Cc1ccc(O)cc1)NC(=O)[C@H](CO)NC(=O)[C@@H](NC(=O)[C@@H](NC(=O)[C@@H](NC(=O)[C@H](CS)NC(=O)[C@H](CCC(=O)O)NC(=O)CNC(=O)[C@@H](N)CC(C)C)[C@@H](C)O)C(C)C)[C@@H](C)O)C(=O)N[C@@H](Cc1c[nH]c2ccccc12)C(=O)N[C@@H](CS)C(=O)NCC(=O)NCC(=O)N[C@@H](CC(C)C)C(=O)O. The molecule has 0 aliphatic carbocycles. The fourth-order valence-corrected chi connectivity index (χ4v) is 13.5. The van der Waals surface area contributed by atoms with Crippen molar-refractivity contribution in [3.05, 3.63) is 65.9 Å². The number of hydrogen-bond acceptors (Lipinski definition) is 27. The lowest BCUT2D eigenvalue weighted by atomic mass is 9.95. The van der Waals surface area contributed by atoms with Crippen LogP contribution in [-0.2, 0) is 109 Å². The summed E-state index contributed by atoms with van der Waals surface area (Å²) in [7, 11) is 0. The van der Waals surface area contributed by atoms with Crippen LogP contribution in [0.5, 0.6) is 5.75 Å². The number of nitrogens with one attached hydrogen (secondary N) is 18. The fraction of sp³-hybridized carbons (Fsp3) is 0.595. The van der Waals surface area contributed by atoms with Crippen molar-refractivity contribution in [3.8, 4) is 5.75 Å². The number of fused-ring (bicyclic) bond motifs is 1. The van der Waals surface area contributed by atoms with Crippen molar-refractivity contribution in [2.45, 2.75) is 244 Å². The number of amides is 17. The number of aliphatic hydroxyl groups excluding tert-OH is 3. The lowest BCUT2D eigenvalue weighted by molar-refractivity contribution is -0.142. The third kappa shape index (κ3) is 40.2. The normalized spacial score (nSPS) is 15.1. The van der Waals surface area contributed by atoms with Crippen molar-refractivity contribution in [2.75, 3.05) is 44.3 Å². The highest BCUT2D eigenvalue weighted by atomic mass is 32.1. The summed E-state index contributed by atoms with van der Waals surface area (Å²) < 4.78 is 0. The van der Waals surface area contributed by atoms with Gasteiger partial charge in [0.05, 0.1) is 51.0 Å². The Hall–Kier alpha value is -12.3. The molecule has 46 nitrogen and oxygen atoms in total. The Kier molecular flexibility index (Phi) is 49.3. The smallest absolute Gasteiger partial charge is 0.326 e. The quantitative estimate of drug-likeness (QED) is 0.0234. The molecule has 0 unspecified atom stereocenters. The Morgan fingerprint density at radius 2 is 0.758 bits per heavy atom. The maximum absolute atomic E-state index is 14.8. The van der Waals surface area contributed by atoms with Crippen LogP contribution in [0, 0.1) is 29.6 Å². The number of carbonyl (C=O) groups excluding carboxylic acids is 17. The number of phenols is 1. The molecule has 0 aliphatic rings. The number of benzene rings is 2. The van der Waals surface area contributed by atoms with Gasteiger partial charge in [-0.15, -0.1) is 0 Å². The highest BCUT2D eigenvalue weighted by Gasteiger charge is 2.41.